The largest absolute Gasteiger partial charge is 0.508 e. The number of nitrogens with zero attached hydrogens (tertiary/aromatic N) is 4. The van der Waals surface area contributed by atoms with E-state index in [1.54, 1.807) is 23.1 Å². The van der Waals surface area contributed by atoms with Crippen LogP contribution in [0.4, 0.5) is 24.5 Å². The number of carbonyl (C=O) groups is 3. The number of hydrogen-bond donors (Lipinski definition) is 2. The number of alkyl halides is 2. The van der Waals surface area contributed by atoms with Crippen LogP contribution in [0.25, 0.3) is 0 Å². The fraction of sp³-hybridized carbons (Fsp3) is 0.400. The molecule has 0 spiro atoms. The molecule has 9 nitrogen and oxygen atoms in total. The van der Waals surface area contributed by atoms with Gasteiger partial charge in [0, 0.05) is 99.5 Å². The Morgan fingerprint density at radius 3 is 2.16 bits per heavy atom. The van der Waals surface area contributed by atoms with Crippen LogP contribution in [-0.2, 0) is 22.1 Å². The highest BCUT2D eigenvalue weighted by Gasteiger charge is 2.47. The number of imide groups is 1. The highest BCUT2D eigenvalue weighted by Crippen LogP contribution is 2.55. The number of carbonyl (C=O) groups excluding carboxylic acids is 3. The summed E-state index contributed by atoms with van der Waals surface area (Å²) < 4.78 is 45.0. The molecule has 2 N–H and O–H groups in total. The van der Waals surface area contributed by atoms with Gasteiger partial charge in [-0.05, 0) is 102 Å². The van der Waals surface area contributed by atoms with E-state index in [1.165, 1.54) is 24.3 Å². The van der Waals surface area contributed by atoms with Gasteiger partial charge >= 0.3 is 0 Å². The number of phenols is 1. The van der Waals surface area contributed by atoms with Gasteiger partial charge in [-0.3, -0.25) is 24.6 Å². The van der Waals surface area contributed by atoms with Crippen molar-refractivity contribution in [1.29, 1.82) is 0 Å². The number of rotatable bonds is 7. The van der Waals surface area contributed by atoms with Crippen molar-refractivity contribution in [2.24, 2.45) is 5.92 Å². The van der Waals surface area contributed by atoms with Crippen LogP contribution in [0.2, 0.25) is 0 Å². The second-order valence-electron chi connectivity index (χ2n) is 16.4. The molecule has 1 aliphatic carbocycles. The fourth-order valence-electron chi connectivity index (χ4n) is 9.86. The van der Waals surface area contributed by atoms with E-state index >= 15 is 8.78 Å². The normalized spacial score (nSPS) is 24.0. The molecule has 3 fully saturated rings. The van der Waals surface area contributed by atoms with Crippen LogP contribution in [0.5, 0.6) is 5.75 Å². The molecular weight excluding hydrogens is 732 g/mol. The van der Waals surface area contributed by atoms with E-state index < -0.39 is 36.0 Å². The highest BCUT2D eigenvalue weighted by atomic mass is 19.3. The summed E-state index contributed by atoms with van der Waals surface area (Å²) in [6.45, 7) is 6.98. The van der Waals surface area contributed by atoms with Crippen LogP contribution >= 0.6 is 0 Å². The van der Waals surface area contributed by atoms with Gasteiger partial charge in [0.25, 0.3) is 11.8 Å². The number of amides is 3. The Bertz CT molecular complexity index is 2180. The molecule has 3 amide bonds. The molecule has 0 radical (unpaired) electrons. The first-order valence-electron chi connectivity index (χ1n) is 20.1. The topological polar surface area (TPSA) is 96.4 Å². The Morgan fingerprint density at radius 2 is 1.44 bits per heavy atom. The quantitative estimate of drug-likeness (QED) is 0.201. The van der Waals surface area contributed by atoms with Crippen LogP contribution in [0.15, 0.2) is 84.9 Å². The van der Waals surface area contributed by atoms with E-state index in [0.29, 0.717) is 35.6 Å². The smallest absolute Gasteiger partial charge is 0.274 e. The monoisotopic (exact) mass is 777 g/mol. The van der Waals surface area contributed by atoms with Crippen molar-refractivity contribution in [3.63, 3.8) is 0 Å². The summed E-state index contributed by atoms with van der Waals surface area (Å²) >= 11 is 0. The molecular formula is C45H46F3N5O4. The predicted molar refractivity (Wildman–Crippen MR) is 210 cm³/mol. The summed E-state index contributed by atoms with van der Waals surface area (Å²) in [6, 6.07) is 23.7. The molecule has 3 atom stereocenters. The lowest BCUT2D eigenvalue weighted by molar-refractivity contribution is -0.136. The zero-order chi connectivity index (χ0) is 39.4. The number of hydrogen-bond acceptors (Lipinski definition) is 7. The molecule has 12 heteroatoms. The maximum Gasteiger partial charge on any atom is 0.274 e. The van der Waals surface area contributed by atoms with Gasteiger partial charge < -0.3 is 19.8 Å². The molecule has 4 aliphatic heterocycles. The van der Waals surface area contributed by atoms with Crippen molar-refractivity contribution in [2.45, 2.75) is 62.4 Å². The zero-order valence-electron chi connectivity index (χ0n) is 31.7. The van der Waals surface area contributed by atoms with E-state index in [1.807, 2.05) is 24.3 Å². The molecule has 0 saturated carbocycles. The summed E-state index contributed by atoms with van der Waals surface area (Å²) in [5.41, 5.74) is 5.64. The predicted octanol–water partition coefficient (Wildman–Crippen LogP) is 6.74. The maximum absolute atomic E-state index is 15.6. The molecule has 0 unspecified atom stereocenters. The third-order valence-corrected chi connectivity index (χ3v) is 12.9. The molecule has 0 aromatic heterocycles. The number of piperazine rings is 1. The van der Waals surface area contributed by atoms with Gasteiger partial charge in [0.15, 0.2) is 0 Å². The third kappa shape index (κ3) is 7.24. The lowest BCUT2D eigenvalue weighted by Gasteiger charge is -2.40. The Balaban J connectivity index is 0.797. The minimum absolute atomic E-state index is 0.153. The van der Waals surface area contributed by atoms with Crippen molar-refractivity contribution < 1.29 is 32.7 Å². The number of piperidine rings is 2. The second-order valence-corrected chi connectivity index (χ2v) is 16.4. The molecule has 0 bridgehead atoms. The number of phenolic OH excluding ortho intramolecular Hbond substituents is 1. The minimum atomic E-state index is -3.14. The SMILES string of the molecule is O=C1CC[C@H](N2Cc3cc(N4CCN(CC5CCN(c6ccc([C@H]7c8ccc(O)cc8C(F)(F)C[C@H]7c7ccc(F)cc7)cc6)CC5)CC4)ccc3C2=O)C(=O)N1. The maximum atomic E-state index is 15.6. The summed E-state index contributed by atoms with van der Waals surface area (Å²) in [6.07, 6.45) is 2.30. The minimum Gasteiger partial charge on any atom is -0.508 e. The first-order valence-corrected chi connectivity index (χ1v) is 20.1. The Kier molecular flexibility index (Phi) is 9.71. The van der Waals surface area contributed by atoms with Gasteiger partial charge in [-0.2, -0.15) is 0 Å². The summed E-state index contributed by atoms with van der Waals surface area (Å²) in [5, 5.41) is 12.5. The Hall–Kier alpha value is -5.36. The van der Waals surface area contributed by atoms with E-state index in [-0.39, 0.29) is 35.5 Å². The summed E-state index contributed by atoms with van der Waals surface area (Å²) in [5.74, 6) is -4.95. The fourth-order valence-corrected chi connectivity index (χ4v) is 9.86. The molecule has 296 valence electrons. The average Bonchev–Trinajstić information content (AvgIpc) is 3.53. The number of nitrogens with one attached hydrogen (secondary N) is 1. The van der Waals surface area contributed by atoms with Crippen molar-refractivity contribution in [3.05, 3.63) is 124 Å². The molecule has 57 heavy (non-hydrogen) atoms. The van der Waals surface area contributed by atoms with Gasteiger partial charge in [0.05, 0.1) is 0 Å². The number of halogens is 3. The Labute approximate surface area is 330 Å². The number of aromatic hydroxyl groups is 1. The molecule has 4 aromatic carbocycles. The van der Waals surface area contributed by atoms with Gasteiger partial charge in [-0.25, -0.2) is 13.2 Å². The van der Waals surface area contributed by atoms with Crippen LogP contribution < -0.4 is 15.1 Å². The van der Waals surface area contributed by atoms with E-state index in [0.717, 1.165) is 81.2 Å². The lowest BCUT2D eigenvalue weighted by Crippen LogP contribution is -2.52. The summed E-state index contributed by atoms with van der Waals surface area (Å²) in [4.78, 5) is 46.1. The van der Waals surface area contributed by atoms with Crippen molar-refractivity contribution in [1.82, 2.24) is 15.1 Å². The van der Waals surface area contributed by atoms with E-state index in [9.17, 15) is 23.9 Å². The van der Waals surface area contributed by atoms with Crippen molar-refractivity contribution >= 4 is 29.1 Å². The zero-order valence-corrected chi connectivity index (χ0v) is 31.7. The van der Waals surface area contributed by atoms with Crippen molar-refractivity contribution in [2.75, 3.05) is 55.6 Å². The van der Waals surface area contributed by atoms with Crippen LogP contribution in [0.3, 0.4) is 0 Å². The standard InChI is InChI=1S/C45H46F3N5O4/c46-32-5-1-29(2-6-32)38-25-45(47,48)39-24-35(54)10-12-37(39)42(38)30-3-7-33(8-4-30)51-17-15-28(16-18-51)26-50-19-21-52(22-20-50)34-9-11-36-31(23-34)27-53(44(36)57)40-13-14-41(55)49-43(40)56/h1-12,23-24,28,38,40,42,54H,13-22,25-27H2,(H,49,55,56)/t38-,40-,42-/m0/s1. The highest BCUT2D eigenvalue weighted by molar-refractivity contribution is 6.05. The molecule has 9 rings (SSSR count). The van der Waals surface area contributed by atoms with E-state index in [2.05, 4.69) is 38.2 Å². The first kappa shape index (κ1) is 37.2. The van der Waals surface area contributed by atoms with Crippen LogP contribution in [0, 0.1) is 11.7 Å². The molecule has 4 heterocycles. The summed E-state index contributed by atoms with van der Waals surface area (Å²) in [7, 11) is 0. The van der Waals surface area contributed by atoms with Gasteiger partial charge in [0.1, 0.15) is 17.6 Å². The molecule has 4 aromatic rings. The number of benzene rings is 4. The van der Waals surface area contributed by atoms with Gasteiger partial charge in [-0.15, -0.1) is 0 Å². The third-order valence-electron chi connectivity index (χ3n) is 12.9. The van der Waals surface area contributed by atoms with Crippen LogP contribution in [-0.4, -0.2) is 84.5 Å². The second kappa shape index (κ2) is 14.9. The molecule has 3 saturated heterocycles. The average molecular weight is 778 g/mol. The lowest BCUT2D eigenvalue weighted by atomic mass is 9.68. The van der Waals surface area contributed by atoms with Gasteiger partial charge in [0.2, 0.25) is 11.8 Å². The van der Waals surface area contributed by atoms with Crippen LogP contribution in [0.1, 0.15) is 82.1 Å². The van der Waals surface area contributed by atoms with Crippen molar-refractivity contribution in [3.8, 4) is 5.75 Å². The number of fused-ring (bicyclic) bond motifs is 2. The first-order chi connectivity index (χ1) is 27.5. The Morgan fingerprint density at radius 1 is 0.754 bits per heavy atom. The number of anilines is 2. The molecule has 5 aliphatic rings. The van der Waals surface area contributed by atoms with Gasteiger partial charge in [-0.1, -0.05) is 30.3 Å². The van der Waals surface area contributed by atoms with E-state index in [4.69, 9.17) is 0 Å².